The van der Waals surface area contributed by atoms with Crippen LogP contribution in [0.4, 0.5) is 0 Å². The zero-order valence-electron chi connectivity index (χ0n) is 11.5. The van der Waals surface area contributed by atoms with Gasteiger partial charge in [-0.15, -0.1) is 0 Å². The molecule has 0 saturated carbocycles. The molecule has 1 heterocycles. The monoisotopic (exact) mass is 262 g/mol. The number of benzene rings is 1. The number of carbonyl (C=O) groups is 1. The lowest BCUT2D eigenvalue weighted by molar-refractivity contribution is -0.134. The van der Waals surface area contributed by atoms with E-state index in [9.17, 15) is 4.79 Å². The highest BCUT2D eigenvalue weighted by molar-refractivity contribution is 5.78. The van der Waals surface area contributed by atoms with Gasteiger partial charge >= 0.3 is 0 Å². The van der Waals surface area contributed by atoms with Gasteiger partial charge in [0.05, 0.1) is 0 Å². The molecule has 1 aromatic carbocycles. The molecule has 4 nitrogen and oxygen atoms in total. The molecule has 4 heteroatoms. The molecule has 1 atom stereocenters. The van der Waals surface area contributed by atoms with E-state index >= 15 is 0 Å². The van der Waals surface area contributed by atoms with Crippen molar-refractivity contribution in [1.82, 2.24) is 4.90 Å². The van der Waals surface area contributed by atoms with Crippen molar-refractivity contribution < 1.29 is 9.53 Å². The summed E-state index contributed by atoms with van der Waals surface area (Å²) in [6.45, 7) is 3.63. The Morgan fingerprint density at radius 3 is 3.00 bits per heavy atom. The average Bonchev–Trinajstić information content (AvgIpc) is 2.45. The summed E-state index contributed by atoms with van der Waals surface area (Å²) >= 11 is 0. The fourth-order valence-electron chi connectivity index (χ4n) is 2.40. The van der Waals surface area contributed by atoms with E-state index in [1.807, 2.05) is 29.2 Å². The summed E-state index contributed by atoms with van der Waals surface area (Å²) in [5.41, 5.74) is 7.01. The standard InChI is InChI=1S/C15H22N2O2/c1-2-12-6-3-4-8-14(12)19-11-15(18)17-9-5-7-13(16)10-17/h3-4,6,8,13H,2,5,7,9-11,16H2,1H3/t13-/m0/s1. The summed E-state index contributed by atoms with van der Waals surface area (Å²) in [4.78, 5) is 13.9. The third kappa shape index (κ3) is 3.70. The molecule has 1 aromatic rings. The number of likely N-dealkylation sites (tertiary alicyclic amines) is 1. The molecule has 0 unspecified atom stereocenters. The highest BCUT2D eigenvalue weighted by atomic mass is 16.5. The first-order valence-electron chi connectivity index (χ1n) is 6.94. The smallest absolute Gasteiger partial charge is 0.260 e. The van der Waals surface area contributed by atoms with Crippen LogP contribution in [0.25, 0.3) is 0 Å². The minimum absolute atomic E-state index is 0.0288. The van der Waals surface area contributed by atoms with Gasteiger partial charge in [0, 0.05) is 19.1 Å². The van der Waals surface area contributed by atoms with Crippen molar-refractivity contribution in [3.05, 3.63) is 29.8 Å². The predicted molar refractivity (Wildman–Crippen MR) is 75.1 cm³/mol. The summed E-state index contributed by atoms with van der Waals surface area (Å²) in [7, 11) is 0. The summed E-state index contributed by atoms with van der Waals surface area (Å²) in [5.74, 6) is 0.834. The zero-order chi connectivity index (χ0) is 13.7. The summed E-state index contributed by atoms with van der Waals surface area (Å²) < 4.78 is 5.65. The first kappa shape index (κ1) is 13.9. The van der Waals surface area contributed by atoms with Gasteiger partial charge < -0.3 is 15.4 Å². The van der Waals surface area contributed by atoms with Crippen LogP contribution < -0.4 is 10.5 Å². The Bertz CT molecular complexity index is 434. The van der Waals surface area contributed by atoms with Gasteiger partial charge in [-0.25, -0.2) is 0 Å². The number of nitrogens with two attached hydrogens (primary N) is 1. The molecule has 1 aliphatic rings. The van der Waals surface area contributed by atoms with Crippen LogP contribution in [0.3, 0.4) is 0 Å². The summed E-state index contributed by atoms with van der Waals surface area (Å²) in [6.07, 6.45) is 2.89. The van der Waals surface area contributed by atoms with Gasteiger partial charge in [-0.3, -0.25) is 4.79 Å². The number of carbonyl (C=O) groups excluding carboxylic acids is 1. The van der Waals surface area contributed by atoms with Crippen molar-refractivity contribution >= 4 is 5.91 Å². The molecule has 104 valence electrons. The Balaban J connectivity index is 1.89. The van der Waals surface area contributed by atoms with Crippen LogP contribution >= 0.6 is 0 Å². The van der Waals surface area contributed by atoms with Crippen molar-refractivity contribution in [2.45, 2.75) is 32.2 Å². The summed E-state index contributed by atoms with van der Waals surface area (Å²) in [6, 6.07) is 7.96. The Hall–Kier alpha value is -1.55. The molecule has 19 heavy (non-hydrogen) atoms. The predicted octanol–water partition coefficient (Wildman–Crippen LogP) is 1.58. The molecule has 0 radical (unpaired) electrons. The molecular weight excluding hydrogens is 240 g/mol. The molecule has 1 aliphatic heterocycles. The number of hydrogen-bond acceptors (Lipinski definition) is 3. The van der Waals surface area contributed by atoms with E-state index in [0.29, 0.717) is 6.54 Å². The minimum atomic E-state index is 0.0288. The number of piperidine rings is 1. The molecule has 1 saturated heterocycles. The lowest BCUT2D eigenvalue weighted by Crippen LogP contribution is -2.47. The first-order valence-corrected chi connectivity index (χ1v) is 6.94. The lowest BCUT2D eigenvalue weighted by Gasteiger charge is -2.30. The van der Waals surface area contributed by atoms with E-state index in [0.717, 1.165) is 37.1 Å². The normalized spacial score (nSPS) is 19.3. The molecule has 2 rings (SSSR count). The third-order valence-electron chi connectivity index (χ3n) is 3.52. The third-order valence-corrected chi connectivity index (χ3v) is 3.52. The van der Waals surface area contributed by atoms with Crippen molar-refractivity contribution in [2.75, 3.05) is 19.7 Å². The quantitative estimate of drug-likeness (QED) is 0.896. The lowest BCUT2D eigenvalue weighted by atomic mass is 10.1. The largest absolute Gasteiger partial charge is 0.483 e. The van der Waals surface area contributed by atoms with E-state index in [4.69, 9.17) is 10.5 Å². The second-order valence-corrected chi connectivity index (χ2v) is 4.99. The molecule has 1 fully saturated rings. The van der Waals surface area contributed by atoms with Gasteiger partial charge in [0.25, 0.3) is 5.91 Å². The molecule has 0 spiro atoms. The number of amides is 1. The van der Waals surface area contributed by atoms with Crippen LogP contribution in [-0.2, 0) is 11.2 Å². The van der Waals surface area contributed by atoms with Crippen molar-refractivity contribution in [1.29, 1.82) is 0 Å². The highest BCUT2D eigenvalue weighted by Gasteiger charge is 2.21. The number of ether oxygens (including phenoxy) is 1. The highest BCUT2D eigenvalue weighted by Crippen LogP contribution is 2.18. The minimum Gasteiger partial charge on any atom is -0.483 e. The Morgan fingerprint density at radius 2 is 2.26 bits per heavy atom. The van der Waals surface area contributed by atoms with Gasteiger partial charge in [-0.1, -0.05) is 25.1 Å². The van der Waals surface area contributed by atoms with Crippen molar-refractivity contribution in [2.24, 2.45) is 5.73 Å². The zero-order valence-corrected chi connectivity index (χ0v) is 11.5. The van der Waals surface area contributed by atoms with E-state index in [-0.39, 0.29) is 18.6 Å². The van der Waals surface area contributed by atoms with Crippen molar-refractivity contribution in [3.8, 4) is 5.75 Å². The topological polar surface area (TPSA) is 55.6 Å². The van der Waals surface area contributed by atoms with Crippen LogP contribution in [0.2, 0.25) is 0 Å². The van der Waals surface area contributed by atoms with Crippen LogP contribution in [0.5, 0.6) is 5.75 Å². The molecule has 0 aliphatic carbocycles. The molecule has 1 amide bonds. The number of para-hydroxylation sites is 1. The van der Waals surface area contributed by atoms with E-state index in [2.05, 4.69) is 6.92 Å². The maximum atomic E-state index is 12.1. The molecular formula is C15H22N2O2. The fraction of sp³-hybridized carbons (Fsp3) is 0.533. The SMILES string of the molecule is CCc1ccccc1OCC(=O)N1CCC[C@H](N)C1. The van der Waals surface area contributed by atoms with E-state index in [1.165, 1.54) is 0 Å². The Kier molecular flexibility index (Phi) is 4.80. The van der Waals surface area contributed by atoms with Gasteiger partial charge in [-0.2, -0.15) is 0 Å². The first-order chi connectivity index (χ1) is 9.20. The number of aryl methyl sites for hydroxylation is 1. The maximum Gasteiger partial charge on any atom is 0.260 e. The van der Waals surface area contributed by atoms with Gasteiger partial charge in [0.15, 0.2) is 6.61 Å². The number of nitrogens with zero attached hydrogens (tertiary/aromatic N) is 1. The number of rotatable bonds is 4. The van der Waals surface area contributed by atoms with E-state index in [1.54, 1.807) is 0 Å². The van der Waals surface area contributed by atoms with Gasteiger partial charge in [0.1, 0.15) is 5.75 Å². The fourth-order valence-corrected chi connectivity index (χ4v) is 2.40. The van der Waals surface area contributed by atoms with Gasteiger partial charge in [-0.05, 0) is 30.9 Å². The molecule has 2 N–H and O–H groups in total. The number of hydrogen-bond donors (Lipinski definition) is 1. The Labute approximate surface area is 114 Å². The van der Waals surface area contributed by atoms with E-state index < -0.39 is 0 Å². The second kappa shape index (κ2) is 6.57. The van der Waals surface area contributed by atoms with Crippen LogP contribution in [0, 0.1) is 0 Å². The summed E-state index contributed by atoms with van der Waals surface area (Å²) in [5, 5.41) is 0. The van der Waals surface area contributed by atoms with Gasteiger partial charge in [0.2, 0.25) is 0 Å². The van der Waals surface area contributed by atoms with Crippen LogP contribution in [-0.4, -0.2) is 36.5 Å². The van der Waals surface area contributed by atoms with Crippen LogP contribution in [0.15, 0.2) is 24.3 Å². The second-order valence-electron chi connectivity index (χ2n) is 4.99. The Morgan fingerprint density at radius 1 is 1.47 bits per heavy atom. The average molecular weight is 262 g/mol. The molecule has 0 bridgehead atoms. The van der Waals surface area contributed by atoms with Crippen LogP contribution in [0.1, 0.15) is 25.3 Å². The van der Waals surface area contributed by atoms with Crippen molar-refractivity contribution in [3.63, 3.8) is 0 Å². The molecule has 0 aromatic heterocycles. The maximum absolute atomic E-state index is 12.1.